The lowest BCUT2D eigenvalue weighted by Crippen LogP contribution is -2.56. The molecular formula is C19H20Cl3N3O2S. The Morgan fingerprint density at radius 2 is 1.71 bits per heavy atom. The van der Waals surface area contributed by atoms with E-state index in [1.807, 2.05) is 61.5 Å². The summed E-state index contributed by atoms with van der Waals surface area (Å²) in [5.41, 5.74) is 2.74. The van der Waals surface area contributed by atoms with Crippen molar-refractivity contribution in [2.24, 2.45) is 0 Å². The highest BCUT2D eigenvalue weighted by Crippen LogP contribution is 2.29. The number of benzene rings is 2. The number of thiocarbonyl (C=S) groups is 1. The summed E-state index contributed by atoms with van der Waals surface area (Å²) in [6, 6.07) is 16.9. The Labute approximate surface area is 184 Å². The second kappa shape index (κ2) is 10.7. The molecule has 0 heterocycles. The maximum absolute atomic E-state index is 12.1. The maximum Gasteiger partial charge on any atom is 0.409 e. The Morgan fingerprint density at radius 1 is 1.07 bits per heavy atom. The Balaban J connectivity index is 1.95. The second-order valence-corrected chi connectivity index (χ2v) is 8.57. The molecule has 0 aromatic heterocycles. The van der Waals surface area contributed by atoms with E-state index in [4.69, 9.17) is 51.8 Å². The van der Waals surface area contributed by atoms with Gasteiger partial charge in [-0.15, -0.1) is 0 Å². The van der Waals surface area contributed by atoms with Crippen LogP contribution in [-0.4, -0.2) is 21.2 Å². The molecule has 0 saturated carbocycles. The number of alkyl carbamates (subject to hydrolysis) is 1. The van der Waals surface area contributed by atoms with E-state index in [2.05, 4.69) is 16.0 Å². The van der Waals surface area contributed by atoms with Crippen molar-refractivity contribution in [1.82, 2.24) is 10.6 Å². The summed E-state index contributed by atoms with van der Waals surface area (Å²) >= 11 is 23.2. The number of alkyl halides is 3. The van der Waals surface area contributed by atoms with Gasteiger partial charge in [0, 0.05) is 5.69 Å². The van der Waals surface area contributed by atoms with Crippen molar-refractivity contribution in [2.75, 3.05) is 5.32 Å². The molecule has 3 N–H and O–H groups in total. The molecule has 0 saturated heterocycles. The van der Waals surface area contributed by atoms with Gasteiger partial charge in [0.05, 0.1) is 0 Å². The Kier molecular flexibility index (Phi) is 8.63. The van der Waals surface area contributed by atoms with Gasteiger partial charge >= 0.3 is 6.09 Å². The number of anilines is 1. The summed E-state index contributed by atoms with van der Waals surface area (Å²) in [6.07, 6.45) is -1.03. The third-order valence-corrected chi connectivity index (χ3v) is 4.60. The van der Waals surface area contributed by atoms with Crippen LogP contribution in [0.1, 0.15) is 18.1 Å². The quantitative estimate of drug-likeness (QED) is 0.316. The molecule has 28 heavy (non-hydrogen) atoms. The van der Waals surface area contributed by atoms with E-state index in [1.54, 1.807) is 0 Å². The summed E-state index contributed by atoms with van der Waals surface area (Å²) in [4.78, 5) is 12.1. The third-order valence-electron chi connectivity index (χ3n) is 3.72. The highest BCUT2D eigenvalue weighted by atomic mass is 35.6. The van der Waals surface area contributed by atoms with Crippen LogP contribution >= 0.6 is 47.0 Å². The van der Waals surface area contributed by atoms with Gasteiger partial charge in [-0.2, -0.15) is 0 Å². The fourth-order valence-electron chi connectivity index (χ4n) is 2.32. The first-order valence-electron chi connectivity index (χ1n) is 8.49. The van der Waals surface area contributed by atoms with Crippen molar-refractivity contribution in [3.63, 3.8) is 0 Å². The van der Waals surface area contributed by atoms with Gasteiger partial charge in [-0.1, -0.05) is 90.3 Å². The number of halogens is 3. The first-order chi connectivity index (χ1) is 13.3. The van der Waals surface area contributed by atoms with Crippen molar-refractivity contribution in [1.29, 1.82) is 0 Å². The van der Waals surface area contributed by atoms with Gasteiger partial charge in [-0.25, -0.2) is 4.79 Å². The van der Waals surface area contributed by atoms with E-state index in [-0.39, 0.29) is 11.7 Å². The van der Waals surface area contributed by atoms with Crippen LogP contribution in [0.5, 0.6) is 0 Å². The molecule has 2 rings (SSSR count). The van der Waals surface area contributed by atoms with Crippen molar-refractivity contribution in [2.45, 2.75) is 29.9 Å². The lowest BCUT2D eigenvalue weighted by Gasteiger charge is -2.27. The molecule has 0 radical (unpaired) electrons. The standard InChI is InChI=1S/C19H20Cl3N3O2S/c1-2-14-10-6-7-11-15(14)23-17(28)24-16(19(20,21)22)25-18(26)27-12-13-8-4-3-5-9-13/h3-11,16H,2,12H2,1H3,(H,25,26)(H2,23,24,28). The van der Waals surface area contributed by atoms with Crippen molar-refractivity contribution < 1.29 is 9.53 Å². The molecular weight excluding hydrogens is 441 g/mol. The summed E-state index contributed by atoms with van der Waals surface area (Å²) < 4.78 is 3.30. The smallest absolute Gasteiger partial charge is 0.409 e. The number of rotatable bonds is 6. The molecule has 150 valence electrons. The van der Waals surface area contributed by atoms with Crippen LogP contribution < -0.4 is 16.0 Å². The van der Waals surface area contributed by atoms with E-state index in [0.717, 1.165) is 23.2 Å². The molecule has 5 nitrogen and oxygen atoms in total. The van der Waals surface area contributed by atoms with E-state index >= 15 is 0 Å². The molecule has 1 amide bonds. The minimum Gasteiger partial charge on any atom is -0.445 e. The number of amides is 1. The molecule has 2 aromatic rings. The number of hydrogen-bond donors (Lipinski definition) is 3. The maximum atomic E-state index is 12.1. The largest absolute Gasteiger partial charge is 0.445 e. The minimum atomic E-state index is -1.86. The number of para-hydroxylation sites is 1. The van der Waals surface area contributed by atoms with Gasteiger partial charge in [-0.3, -0.25) is 5.32 Å². The lowest BCUT2D eigenvalue weighted by molar-refractivity contribution is 0.135. The van der Waals surface area contributed by atoms with Gasteiger partial charge in [-0.05, 0) is 35.8 Å². The summed E-state index contributed by atoms with van der Waals surface area (Å²) in [5.74, 6) is 0. The topological polar surface area (TPSA) is 62.4 Å². The number of nitrogens with one attached hydrogen (secondary N) is 3. The molecule has 2 aromatic carbocycles. The Bertz CT molecular complexity index is 801. The first-order valence-corrected chi connectivity index (χ1v) is 10.0. The predicted molar refractivity (Wildman–Crippen MR) is 119 cm³/mol. The van der Waals surface area contributed by atoms with Crippen molar-refractivity contribution in [3.05, 3.63) is 65.7 Å². The average Bonchev–Trinajstić information content (AvgIpc) is 2.66. The number of aryl methyl sites for hydroxylation is 1. The van der Waals surface area contributed by atoms with Crippen LogP contribution in [-0.2, 0) is 17.8 Å². The van der Waals surface area contributed by atoms with E-state index < -0.39 is 16.1 Å². The van der Waals surface area contributed by atoms with E-state index in [0.29, 0.717) is 0 Å². The van der Waals surface area contributed by atoms with Crippen molar-refractivity contribution in [3.8, 4) is 0 Å². The zero-order valence-electron chi connectivity index (χ0n) is 15.0. The molecule has 1 atom stereocenters. The molecule has 0 spiro atoms. The minimum absolute atomic E-state index is 0.0891. The third kappa shape index (κ3) is 7.36. The van der Waals surface area contributed by atoms with Crippen LogP contribution in [0.25, 0.3) is 0 Å². The molecule has 0 aliphatic rings. The van der Waals surface area contributed by atoms with Gasteiger partial charge in [0.1, 0.15) is 6.61 Å². The summed E-state index contributed by atoms with van der Waals surface area (Å²) in [5, 5.41) is 8.52. The summed E-state index contributed by atoms with van der Waals surface area (Å²) in [7, 11) is 0. The van der Waals surface area contributed by atoms with E-state index in [1.165, 1.54) is 0 Å². The number of carbonyl (C=O) groups excluding carboxylic acids is 1. The number of ether oxygens (including phenoxy) is 1. The summed E-state index contributed by atoms with van der Waals surface area (Å²) in [6.45, 7) is 2.12. The predicted octanol–water partition coefficient (Wildman–Crippen LogP) is 5.16. The van der Waals surface area contributed by atoms with Gasteiger partial charge in [0.2, 0.25) is 3.79 Å². The van der Waals surface area contributed by atoms with Gasteiger partial charge < -0.3 is 15.4 Å². The fourth-order valence-corrected chi connectivity index (χ4v) is 2.88. The van der Waals surface area contributed by atoms with Crippen LogP contribution in [0.3, 0.4) is 0 Å². The van der Waals surface area contributed by atoms with Crippen LogP contribution in [0.15, 0.2) is 54.6 Å². The Hall–Kier alpha value is -1.73. The first kappa shape index (κ1) is 22.6. The lowest BCUT2D eigenvalue weighted by atomic mass is 10.1. The van der Waals surface area contributed by atoms with Gasteiger partial charge in [0.15, 0.2) is 11.3 Å². The van der Waals surface area contributed by atoms with Crippen LogP contribution in [0.2, 0.25) is 0 Å². The molecule has 0 bridgehead atoms. The SMILES string of the molecule is CCc1ccccc1NC(=S)NC(NC(=O)OCc1ccccc1)C(Cl)(Cl)Cl. The monoisotopic (exact) mass is 459 g/mol. The zero-order valence-corrected chi connectivity index (χ0v) is 18.1. The zero-order chi connectivity index (χ0) is 20.6. The number of hydrogen-bond acceptors (Lipinski definition) is 3. The molecule has 9 heteroatoms. The number of carbonyl (C=O) groups is 1. The van der Waals surface area contributed by atoms with Gasteiger partial charge in [0.25, 0.3) is 0 Å². The normalized spacial score (nSPS) is 12.0. The van der Waals surface area contributed by atoms with Crippen LogP contribution in [0.4, 0.5) is 10.5 Å². The second-order valence-electron chi connectivity index (χ2n) is 5.79. The highest BCUT2D eigenvalue weighted by Gasteiger charge is 2.35. The van der Waals surface area contributed by atoms with Crippen molar-refractivity contribution >= 4 is 63.9 Å². The fraction of sp³-hybridized carbons (Fsp3) is 0.263. The molecule has 0 aliphatic carbocycles. The van der Waals surface area contributed by atoms with Crippen LogP contribution in [0, 0.1) is 0 Å². The Morgan fingerprint density at radius 3 is 2.36 bits per heavy atom. The molecule has 0 aliphatic heterocycles. The van der Waals surface area contributed by atoms with E-state index in [9.17, 15) is 4.79 Å². The molecule has 1 unspecified atom stereocenters. The average molecular weight is 461 g/mol. The molecule has 0 fully saturated rings. The highest BCUT2D eigenvalue weighted by molar-refractivity contribution is 7.80.